The standard InChI is InChI=1S/C16H21N5/c1-2-8-19-15-12-6-4-3-5-7-13(12)20-16(21-15)14-11-17-9-10-18-14/h9-11H,2-8H2,1H3,(H,19,20,21). The van der Waals surface area contributed by atoms with Gasteiger partial charge >= 0.3 is 0 Å². The van der Waals surface area contributed by atoms with Crippen LogP contribution in [0.2, 0.25) is 0 Å². The third-order valence-corrected chi connectivity index (χ3v) is 3.77. The lowest BCUT2D eigenvalue weighted by atomic mass is 10.1. The number of anilines is 1. The van der Waals surface area contributed by atoms with Gasteiger partial charge in [0.25, 0.3) is 0 Å². The normalized spacial score (nSPS) is 14.3. The Kier molecular flexibility index (Phi) is 4.38. The lowest BCUT2D eigenvalue weighted by Crippen LogP contribution is -2.10. The van der Waals surface area contributed by atoms with Crippen molar-refractivity contribution >= 4 is 5.82 Å². The Balaban J connectivity index is 2.04. The van der Waals surface area contributed by atoms with Crippen molar-refractivity contribution < 1.29 is 0 Å². The zero-order chi connectivity index (χ0) is 14.5. The first-order valence-corrected chi connectivity index (χ1v) is 7.78. The molecule has 0 aromatic carbocycles. The quantitative estimate of drug-likeness (QED) is 0.874. The first-order chi connectivity index (χ1) is 10.4. The lowest BCUT2D eigenvalue weighted by Gasteiger charge is -2.14. The van der Waals surface area contributed by atoms with Gasteiger partial charge in [0.05, 0.1) is 6.20 Å². The highest BCUT2D eigenvalue weighted by atomic mass is 15.0. The average Bonchev–Trinajstić information content (AvgIpc) is 2.78. The van der Waals surface area contributed by atoms with Crippen molar-refractivity contribution in [3.8, 4) is 11.5 Å². The average molecular weight is 283 g/mol. The summed E-state index contributed by atoms with van der Waals surface area (Å²) in [6, 6.07) is 0. The maximum atomic E-state index is 4.76. The Bertz CT molecular complexity index is 597. The van der Waals surface area contributed by atoms with Crippen LogP contribution < -0.4 is 5.32 Å². The van der Waals surface area contributed by atoms with Gasteiger partial charge in [0, 0.05) is 30.2 Å². The summed E-state index contributed by atoms with van der Waals surface area (Å²) in [4.78, 5) is 17.9. The molecule has 110 valence electrons. The van der Waals surface area contributed by atoms with Gasteiger partial charge in [-0.2, -0.15) is 0 Å². The van der Waals surface area contributed by atoms with E-state index in [1.165, 1.54) is 30.5 Å². The smallest absolute Gasteiger partial charge is 0.182 e. The number of aryl methyl sites for hydroxylation is 1. The van der Waals surface area contributed by atoms with E-state index in [2.05, 4.69) is 22.2 Å². The van der Waals surface area contributed by atoms with Crippen molar-refractivity contribution in [3.63, 3.8) is 0 Å². The Labute approximate surface area is 125 Å². The fourth-order valence-corrected chi connectivity index (χ4v) is 2.69. The Morgan fingerprint density at radius 1 is 1.10 bits per heavy atom. The van der Waals surface area contributed by atoms with Crippen molar-refractivity contribution in [3.05, 3.63) is 29.8 Å². The highest BCUT2D eigenvalue weighted by molar-refractivity contribution is 5.56. The third kappa shape index (κ3) is 3.17. The third-order valence-electron chi connectivity index (χ3n) is 3.77. The molecule has 3 rings (SSSR count). The van der Waals surface area contributed by atoms with Crippen LogP contribution in [0.5, 0.6) is 0 Å². The van der Waals surface area contributed by atoms with Crippen LogP contribution in [0, 0.1) is 0 Å². The highest BCUT2D eigenvalue weighted by Crippen LogP contribution is 2.27. The number of nitrogens with one attached hydrogen (secondary N) is 1. The molecule has 1 aliphatic rings. The topological polar surface area (TPSA) is 63.6 Å². The van der Waals surface area contributed by atoms with E-state index in [9.17, 15) is 0 Å². The molecule has 0 bridgehead atoms. The summed E-state index contributed by atoms with van der Waals surface area (Å²) in [5.41, 5.74) is 3.22. The van der Waals surface area contributed by atoms with Crippen molar-refractivity contribution in [2.75, 3.05) is 11.9 Å². The van der Waals surface area contributed by atoms with Crippen LogP contribution >= 0.6 is 0 Å². The molecule has 0 fully saturated rings. The molecule has 5 nitrogen and oxygen atoms in total. The molecule has 2 aromatic heterocycles. The van der Waals surface area contributed by atoms with Crippen LogP contribution in [0.1, 0.15) is 43.9 Å². The zero-order valence-electron chi connectivity index (χ0n) is 12.5. The second kappa shape index (κ2) is 6.61. The van der Waals surface area contributed by atoms with Crippen LogP contribution in [-0.2, 0) is 12.8 Å². The van der Waals surface area contributed by atoms with E-state index >= 15 is 0 Å². The molecule has 0 saturated heterocycles. The minimum absolute atomic E-state index is 0.683. The largest absolute Gasteiger partial charge is 0.370 e. The molecule has 2 heterocycles. The van der Waals surface area contributed by atoms with Gasteiger partial charge in [-0.25, -0.2) is 15.0 Å². The van der Waals surface area contributed by atoms with Gasteiger partial charge in [0.1, 0.15) is 11.5 Å². The van der Waals surface area contributed by atoms with E-state index in [4.69, 9.17) is 9.97 Å². The van der Waals surface area contributed by atoms with Gasteiger partial charge in [-0.15, -0.1) is 0 Å². The summed E-state index contributed by atoms with van der Waals surface area (Å²) >= 11 is 0. The number of nitrogens with zero attached hydrogens (tertiary/aromatic N) is 4. The fourth-order valence-electron chi connectivity index (χ4n) is 2.69. The summed E-state index contributed by atoms with van der Waals surface area (Å²) in [7, 11) is 0. The molecule has 5 heteroatoms. The Hall–Kier alpha value is -2.04. The van der Waals surface area contributed by atoms with Crippen molar-refractivity contribution in [1.29, 1.82) is 0 Å². The molecule has 0 amide bonds. The van der Waals surface area contributed by atoms with Gasteiger partial charge in [0.15, 0.2) is 5.82 Å². The Morgan fingerprint density at radius 3 is 2.81 bits per heavy atom. The molecule has 1 N–H and O–H groups in total. The molecule has 0 unspecified atom stereocenters. The molecule has 0 radical (unpaired) electrons. The molecule has 0 aliphatic heterocycles. The molecule has 2 aromatic rings. The van der Waals surface area contributed by atoms with Crippen LogP contribution in [-0.4, -0.2) is 26.5 Å². The summed E-state index contributed by atoms with van der Waals surface area (Å²) in [5, 5.41) is 3.46. The first kappa shape index (κ1) is 13.9. The van der Waals surface area contributed by atoms with E-state index < -0.39 is 0 Å². The minimum Gasteiger partial charge on any atom is -0.370 e. The van der Waals surface area contributed by atoms with Gasteiger partial charge < -0.3 is 5.32 Å². The number of aromatic nitrogens is 4. The Morgan fingerprint density at radius 2 is 2.00 bits per heavy atom. The van der Waals surface area contributed by atoms with E-state index in [1.807, 2.05) is 0 Å². The van der Waals surface area contributed by atoms with Gasteiger partial charge in [0.2, 0.25) is 0 Å². The molecule has 0 spiro atoms. The van der Waals surface area contributed by atoms with Crippen LogP contribution in [0.25, 0.3) is 11.5 Å². The number of fused-ring (bicyclic) bond motifs is 1. The molecule has 21 heavy (non-hydrogen) atoms. The summed E-state index contributed by atoms with van der Waals surface area (Å²) < 4.78 is 0. The maximum absolute atomic E-state index is 4.76. The zero-order valence-corrected chi connectivity index (χ0v) is 12.5. The number of hydrogen-bond acceptors (Lipinski definition) is 5. The summed E-state index contributed by atoms with van der Waals surface area (Å²) in [6.07, 6.45) is 12.0. The number of hydrogen-bond donors (Lipinski definition) is 1. The van der Waals surface area contributed by atoms with E-state index in [0.29, 0.717) is 5.82 Å². The van der Waals surface area contributed by atoms with Crippen LogP contribution in [0.15, 0.2) is 18.6 Å². The number of rotatable bonds is 4. The van der Waals surface area contributed by atoms with Crippen LogP contribution in [0.3, 0.4) is 0 Å². The molecular formula is C16H21N5. The second-order valence-corrected chi connectivity index (χ2v) is 5.40. The molecule has 0 saturated carbocycles. The molecule has 0 atom stereocenters. The first-order valence-electron chi connectivity index (χ1n) is 7.78. The molecule has 1 aliphatic carbocycles. The molecular weight excluding hydrogens is 262 g/mol. The van der Waals surface area contributed by atoms with E-state index in [1.54, 1.807) is 18.6 Å². The van der Waals surface area contributed by atoms with E-state index in [0.717, 1.165) is 37.3 Å². The van der Waals surface area contributed by atoms with Crippen molar-refractivity contribution in [2.24, 2.45) is 0 Å². The van der Waals surface area contributed by atoms with E-state index in [-0.39, 0.29) is 0 Å². The minimum atomic E-state index is 0.683. The SMILES string of the molecule is CCCNc1nc(-c2cnccn2)nc2c1CCCCC2. The fraction of sp³-hybridized carbons (Fsp3) is 0.500. The predicted molar refractivity (Wildman–Crippen MR) is 83.1 cm³/mol. The lowest BCUT2D eigenvalue weighted by molar-refractivity contribution is 0.709. The highest BCUT2D eigenvalue weighted by Gasteiger charge is 2.17. The second-order valence-electron chi connectivity index (χ2n) is 5.40. The van der Waals surface area contributed by atoms with Crippen molar-refractivity contribution in [2.45, 2.75) is 45.4 Å². The van der Waals surface area contributed by atoms with Crippen LogP contribution in [0.4, 0.5) is 5.82 Å². The predicted octanol–water partition coefficient (Wildman–Crippen LogP) is 3.02. The summed E-state index contributed by atoms with van der Waals surface area (Å²) in [5.74, 6) is 1.67. The monoisotopic (exact) mass is 283 g/mol. The van der Waals surface area contributed by atoms with Gasteiger partial charge in [-0.3, -0.25) is 4.98 Å². The summed E-state index contributed by atoms with van der Waals surface area (Å²) in [6.45, 7) is 3.10. The maximum Gasteiger partial charge on any atom is 0.182 e. The van der Waals surface area contributed by atoms with Gasteiger partial charge in [-0.1, -0.05) is 13.3 Å². The van der Waals surface area contributed by atoms with Gasteiger partial charge in [-0.05, 0) is 32.1 Å². The van der Waals surface area contributed by atoms with Crippen molar-refractivity contribution in [1.82, 2.24) is 19.9 Å².